The minimum absolute atomic E-state index is 1.13. The fraction of sp³-hybridized carbons (Fsp3) is 0. The molecule has 0 aliphatic carbocycles. The van der Waals surface area contributed by atoms with E-state index in [0.717, 1.165) is 17.1 Å². The maximum atomic E-state index is 2.38. The lowest BCUT2D eigenvalue weighted by Crippen LogP contribution is -2.09. The molecular formula is C52H33NS. The predicted molar refractivity (Wildman–Crippen MR) is 235 cm³/mol. The van der Waals surface area contributed by atoms with Gasteiger partial charge in [-0.15, -0.1) is 11.3 Å². The van der Waals surface area contributed by atoms with Gasteiger partial charge in [0.15, 0.2) is 0 Å². The molecule has 11 aromatic rings. The van der Waals surface area contributed by atoms with Crippen LogP contribution < -0.4 is 4.90 Å². The van der Waals surface area contributed by atoms with Gasteiger partial charge in [0, 0.05) is 37.2 Å². The number of anilines is 3. The molecule has 1 heterocycles. The number of thiophene rings is 1. The van der Waals surface area contributed by atoms with Gasteiger partial charge in [-0.3, -0.25) is 0 Å². The van der Waals surface area contributed by atoms with Crippen LogP contribution in [0.5, 0.6) is 0 Å². The van der Waals surface area contributed by atoms with Gasteiger partial charge in [-0.1, -0.05) is 152 Å². The van der Waals surface area contributed by atoms with Crippen molar-refractivity contribution in [2.75, 3.05) is 4.90 Å². The molecule has 0 aliphatic rings. The first-order chi connectivity index (χ1) is 26.8. The molecule has 1 nitrogen and oxygen atoms in total. The number of hydrogen-bond donors (Lipinski definition) is 0. The Kier molecular flexibility index (Phi) is 7.11. The van der Waals surface area contributed by atoms with Crippen LogP contribution in [0, 0.1) is 0 Å². The van der Waals surface area contributed by atoms with E-state index < -0.39 is 0 Å². The summed E-state index contributed by atoms with van der Waals surface area (Å²) in [5.41, 5.74) is 8.23. The van der Waals surface area contributed by atoms with Gasteiger partial charge in [0.25, 0.3) is 0 Å². The van der Waals surface area contributed by atoms with Crippen LogP contribution in [0.15, 0.2) is 200 Å². The molecule has 0 saturated carbocycles. The summed E-state index contributed by atoms with van der Waals surface area (Å²) in [5.74, 6) is 0. The number of hydrogen-bond acceptors (Lipinski definition) is 2. The van der Waals surface area contributed by atoms with Gasteiger partial charge < -0.3 is 4.90 Å². The molecule has 0 unspecified atom stereocenters. The number of nitrogens with zero attached hydrogens (tertiary/aromatic N) is 1. The van der Waals surface area contributed by atoms with E-state index >= 15 is 0 Å². The first kappa shape index (κ1) is 30.8. The van der Waals surface area contributed by atoms with Crippen molar-refractivity contribution in [3.8, 4) is 22.3 Å². The van der Waals surface area contributed by atoms with Crippen molar-refractivity contribution in [2.45, 2.75) is 0 Å². The standard InChI is InChI=1S/C52H33NS/c1-2-15-40(16-3-1)53(42-28-30-47-46-19-6-7-22-49(46)54-50(47)33-42)41-17-9-13-38(32-41)37-12-8-14-39(31-37)43-20-10-21-48-45(43)29-27-36-26-25-35-24-23-34-11-4-5-18-44(34)51(35)52(36)48/h1-33H. The second kappa shape index (κ2) is 12.4. The Morgan fingerprint density at radius 2 is 0.870 bits per heavy atom. The van der Waals surface area contributed by atoms with E-state index in [0.29, 0.717) is 0 Å². The van der Waals surface area contributed by atoms with Crippen molar-refractivity contribution in [3.05, 3.63) is 200 Å². The van der Waals surface area contributed by atoms with Crippen molar-refractivity contribution in [1.29, 1.82) is 0 Å². The molecule has 11 rings (SSSR count). The van der Waals surface area contributed by atoms with E-state index in [9.17, 15) is 0 Å². The Bertz CT molecular complexity index is 3220. The SMILES string of the molecule is c1ccc(N(c2cccc(-c3cccc(-c4cccc5c4ccc4ccc6ccc7ccccc7c6c45)c3)c2)c2ccc3c(c2)sc2ccccc23)cc1. The van der Waals surface area contributed by atoms with E-state index in [-0.39, 0.29) is 0 Å². The lowest BCUT2D eigenvalue weighted by Gasteiger charge is -2.26. The van der Waals surface area contributed by atoms with Crippen molar-refractivity contribution in [2.24, 2.45) is 0 Å². The summed E-state index contributed by atoms with van der Waals surface area (Å²) in [7, 11) is 0. The Morgan fingerprint density at radius 1 is 0.296 bits per heavy atom. The smallest absolute Gasteiger partial charge is 0.0476 e. The summed E-state index contributed by atoms with van der Waals surface area (Å²) in [4.78, 5) is 2.38. The monoisotopic (exact) mass is 703 g/mol. The Morgan fingerprint density at radius 3 is 1.74 bits per heavy atom. The Hall–Kier alpha value is -6.74. The van der Waals surface area contributed by atoms with Crippen LogP contribution >= 0.6 is 11.3 Å². The van der Waals surface area contributed by atoms with Gasteiger partial charge >= 0.3 is 0 Å². The molecule has 0 radical (unpaired) electrons. The molecule has 0 saturated heterocycles. The minimum Gasteiger partial charge on any atom is -0.310 e. The maximum absolute atomic E-state index is 2.38. The van der Waals surface area contributed by atoms with Crippen molar-refractivity contribution in [3.63, 3.8) is 0 Å². The Labute approximate surface area is 317 Å². The van der Waals surface area contributed by atoms with Gasteiger partial charge in [0.2, 0.25) is 0 Å². The third-order valence-corrected chi connectivity index (χ3v) is 12.1. The van der Waals surface area contributed by atoms with Crippen LogP contribution in [-0.2, 0) is 0 Å². The van der Waals surface area contributed by atoms with Crippen LogP contribution in [0.3, 0.4) is 0 Å². The normalized spacial score (nSPS) is 11.7. The van der Waals surface area contributed by atoms with Gasteiger partial charge in [-0.05, 0) is 114 Å². The average molecular weight is 704 g/mol. The molecule has 0 amide bonds. The molecule has 0 N–H and O–H groups in total. The largest absolute Gasteiger partial charge is 0.310 e. The third kappa shape index (κ3) is 4.99. The van der Waals surface area contributed by atoms with Crippen LogP contribution in [0.2, 0.25) is 0 Å². The molecular weight excluding hydrogens is 671 g/mol. The summed E-state index contributed by atoms with van der Waals surface area (Å²) in [6, 6.07) is 73.5. The number of fused-ring (bicyclic) bond motifs is 10. The molecule has 0 aliphatic heterocycles. The quantitative estimate of drug-likeness (QED) is 0.161. The molecule has 0 atom stereocenters. The van der Waals surface area contributed by atoms with Crippen molar-refractivity contribution >= 4 is 91.7 Å². The summed E-state index contributed by atoms with van der Waals surface area (Å²) < 4.78 is 2.61. The highest BCUT2D eigenvalue weighted by atomic mass is 32.1. The topological polar surface area (TPSA) is 3.24 Å². The van der Waals surface area contributed by atoms with Crippen LogP contribution in [-0.4, -0.2) is 0 Å². The van der Waals surface area contributed by atoms with E-state index in [1.165, 1.54) is 85.5 Å². The molecule has 54 heavy (non-hydrogen) atoms. The van der Waals surface area contributed by atoms with Crippen molar-refractivity contribution < 1.29 is 0 Å². The van der Waals surface area contributed by atoms with Crippen LogP contribution in [0.1, 0.15) is 0 Å². The summed E-state index contributed by atoms with van der Waals surface area (Å²) in [6.45, 7) is 0. The molecule has 0 spiro atoms. The number of rotatable bonds is 5. The lowest BCUT2D eigenvalue weighted by atomic mass is 9.90. The highest BCUT2D eigenvalue weighted by Gasteiger charge is 2.16. The molecule has 0 fully saturated rings. The van der Waals surface area contributed by atoms with Gasteiger partial charge in [-0.25, -0.2) is 0 Å². The summed E-state index contributed by atoms with van der Waals surface area (Å²) >= 11 is 1.86. The van der Waals surface area contributed by atoms with Gasteiger partial charge in [-0.2, -0.15) is 0 Å². The van der Waals surface area contributed by atoms with Gasteiger partial charge in [0.1, 0.15) is 0 Å². The lowest BCUT2D eigenvalue weighted by molar-refractivity contribution is 1.29. The van der Waals surface area contributed by atoms with E-state index in [1.54, 1.807) is 0 Å². The second-order valence-corrected chi connectivity index (χ2v) is 15.2. The van der Waals surface area contributed by atoms with Crippen LogP contribution in [0.4, 0.5) is 17.1 Å². The molecule has 2 heteroatoms. The second-order valence-electron chi connectivity index (χ2n) is 14.1. The zero-order valence-corrected chi connectivity index (χ0v) is 30.2. The number of benzene rings is 10. The molecule has 252 valence electrons. The highest BCUT2D eigenvalue weighted by molar-refractivity contribution is 7.25. The fourth-order valence-corrected chi connectivity index (χ4v) is 9.64. The van der Waals surface area contributed by atoms with E-state index in [2.05, 4.69) is 205 Å². The van der Waals surface area contributed by atoms with Crippen LogP contribution in [0.25, 0.3) is 85.5 Å². The van der Waals surface area contributed by atoms with Gasteiger partial charge in [0.05, 0.1) is 0 Å². The Balaban J connectivity index is 1.04. The van der Waals surface area contributed by atoms with E-state index in [1.807, 2.05) is 11.3 Å². The molecule has 0 bridgehead atoms. The summed E-state index contributed by atoms with van der Waals surface area (Å²) in [5, 5.41) is 12.9. The van der Waals surface area contributed by atoms with E-state index in [4.69, 9.17) is 0 Å². The fourth-order valence-electron chi connectivity index (χ4n) is 8.50. The molecule has 10 aromatic carbocycles. The highest BCUT2D eigenvalue weighted by Crippen LogP contribution is 2.43. The first-order valence-electron chi connectivity index (χ1n) is 18.5. The maximum Gasteiger partial charge on any atom is 0.0476 e. The zero-order valence-electron chi connectivity index (χ0n) is 29.4. The first-order valence-corrected chi connectivity index (χ1v) is 19.3. The average Bonchev–Trinajstić information content (AvgIpc) is 3.61. The number of para-hydroxylation sites is 1. The predicted octanol–water partition coefficient (Wildman–Crippen LogP) is 15.5. The molecule has 1 aromatic heterocycles. The summed E-state index contributed by atoms with van der Waals surface area (Å²) in [6.07, 6.45) is 0. The third-order valence-electron chi connectivity index (χ3n) is 11.0. The van der Waals surface area contributed by atoms with Crippen molar-refractivity contribution in [1.82, 2.24) is 0 Å². The minimum atomic E-state index is 1.13. The zero-order chi connectivity index (χ0) is 35.6.